The molecule has 0 spiro atoms. The fourth-order valence-corrected chi connectivity index (χ4v) is 7.49. The third-order valence-electron chi connectivity index (χ3n) is 9.78. The standard InChI is InChI=1S/C46H46O/c1-7-23-39(24-8-1)45(40-25-9-2-10-26-40,41-27-11-3-12-28-41)35-19-21-37-47-38-22-20-36-46(42-29-13-4-14-30-42,43-31-15-5-16-32-43)44-33-17-6-18-34-44/h1-18,23-34H,19-22,35-38H2. The van der Waals surface area contributed by atoms with Crippen molar-refractivity contribution in [2.75, 3.05) is 13.2 Å². The highest BCUT2D eigenvalue weighted by atomic mass is 16.5. The molecule has 0 aliphatic rings. The van der Waals surface area contributed by atoms with E-state index < -0.39 is 0 Å². The summed E-state index contributed by atoms with van der Waals surface area (Å²) in [5.41, 5.74) is 7.68. The predicted octanol–water partition coefficient (Wildman–Crippen LogP) is 11.4. The summed E-state index contributed by atoms with van der Waals surface area (Å²) in [5, 5.41) is 0. The summed E-state index contributed by atoms with van der Waals surface area (Å²) >= 11 is 0. The van der Waals surface area contributed by atoms with Gasteiger partial charge in [0.05, 0.1) is 0 Å². The first-order valence-electron chi connectivity index (χ1n) is 17.2. The van der Waals surface area contributed by atoms with Crippen LogP contribution >= 0.6 is 0 Å². The molecule has 0 aliphatic carbocycles. The SMILES string of the molecule is c1ccc(C(CCCCOCCCCC(c2ccccc2)(c2ccccc2)c2ccccc2)(c2ccccc2)c2ccccc2)cc1. The van der Waals surface area contributed by atoms with Crippen LogP contribution < -0.4 is 0 Å². The van der Waals surface area contributed by atoms with Crippen molar-refractivity contribution in [3.8, 4) is 0 Å². The minimum Gasteiger partial charge on any atom is -0.381 e. The lowest BCUT2D eigenvalue weighted by Gasteiger charge is -2.36. The molecule has 0 atom stereocenters. The summed E-state index contributed by atoms with van der Waals surface area (Å²) in [6.45, 7) is 1.57. The van der Waals surface area contributed by atoms with Crippen LogP contribution in [0.15, 0.2) is 182 Å². The highest BCUT2D eigenvalue weighted by Crippen LogP contribution is 2.44. The minimum absolute atomic E-state index is 0.195. The highest BCUT2D eigenvalue weighted by molar-refractivity contribution is 5.51. The van der Waals surface area contributed by atoms with E-state index in [9.17, 15) is 0 Å². The zero-order chi connectivity index (χ0) is 32.0. The second-order valence-corrected chi connectivity index (χ2v) is 12.5. The van der Waals surface area contributed by atoms with Crippen LogP contribution in [-0.4, -0.2) is 13.2 Å². The van der Waals surface area contributed by atoms with E-state index in [2.05, 4.69) is 182 Å². The summed E-state index contributed by atoms with van der Waals surface area (Å²) in [7, 11) is 0. The van der Waals surface area contributed by atoms with Gasteiger partial charge in [0, 0.05) is 24.0 Å². The number of hydrogen-bond acceptors (Lipinski definition) is 1. The molecule has 0 unspecified atom stereocenters. The van der Waals surface area contributed by atoms with E-state index in [1.165, 1.54) is 33.4 Å². The fourth-order valence-electron chi connectivity index (χ4n) is 7.49. The molecule has 236 valence electrons. The molecule has 1 heteroatoms. The van der Waals surface area contributed by atoms with Gasteiger partial charge in [-0.05, 0) is 71.9 Å². The fraction of sp³-hybridized carbons (Fsp3) is 0.217. The number of rotatable bonds is 16. The van der Waals surface area contributed by atoms with Gasteiger partial charge in [0.2, 0.25) is 0 Å². The number of hydrogen-bond donors (Lipinski definition) is 0. The average Bonchev–Trinajstić information content (AvgIpc) is 3.16. The third kappa shape index (κ3) is 7.32. The summed E-state index contributed by atoms with van der Waals surface area (Å²) < 4.78 is 6.30. The van der Waals surface area contributed by atoms with Crippen LogP contribution in [0.3, 0.4) is 0 Å². The number of ether oxygens (including phenoxy) is 1. The van der Waals surface area contributed by atoms with Gasteiger partial charge in [-0.25, -0.2) is 0 Å². The van der Waals surface area contributed by atoms with Gasteiger partial charge in [0.25, 0.3) is 0 Å². The smallest absolute Gasteiger partial charge is 0.0466 e. The largest absolute Gasteiger partial charge is 0.381 e. The first-order chi connectivity index (χ1) is 23.3. The van der Waals surface area contributed by atoms with Crippen LogP contribution in [0.2, 0.25) is 0 Å². The van der Waals surface area contributed by atoms with Crippen molar-refractivity contribution in [3.05, 3.63) is 215 Å². The maximum Gasteiger partial charge on any atom is 0.0466 e. The van der Waals surface area contributed by atoms with E-state index in [1.807, 2.05) is 0 Å². The molecule has 6 rings (SSSR count). The molecule has 0 aromatic heterocycles. The van der Waals surface area contributed by atoms with Crippen molar-refractivity contribution in [2.24, 2.45) is 0 Å². The normalized spacial score (nSPS) is 11.7. The van der Waals surface area contributed by atoms with Gasteiger partial charge in [-0.15, -0.1) is 0 Å². The van der Waals surface area contributed by atoms with Gasteiger partial charge in [0.15, 0.2) is 0 Å². The molecule has 0 saturated carbocycles. The van der Waals surface area contributed by atoms with Gasteiger partial charge in [-0.3, -0.25) is 0 Å². The Hall–Kier alpha value is -4.72. The van der Waals surface area contributed by atoms with Crippen LogP contribution in [0.4, 0.5) is 0 Å². The molecule has 0 aliphatic heterocycles. The van der Waals surface area contributed by atoms with Crippen molar-refractivity contribution >= 4 is 0 Å². The van der Waals surface area contributed by atoms with E-state index in [-0.39, 0.29) is 10.8 Å². The van der Waals surface area contributed by atoms with Crippen molar-refractivity contribution in [3.63, 3.8) is 0 Å². The molecule has 0 fully saturated rings. The molecule has 1 nitrogen and oxygen atoms in total. The van der Waals surface area contributed by atoms with E-state index in [4.69, 9.17) is 4.74 Å². The van der Waals surface area contributed by atoms with Crippen LogP contribution in [0.1, 0.15) is 71.9 Å². The Bertz CT molecular complexity index is 1390. The van der Waals surface area contributed by atoms with Crippen molar-refractivity contribution in [1.29, 1.82) is 0 Å². The molecule has 0 radical (unpaired) electrons. The zero-order valence-electron chi connectivity index (χ0n) is 27.4. The van der Waals surface area contributed by atoms with Crippen LogP contribution in [0.25, 0.3) is 0 Å². The molecule has 0 bridgehead atoms. The second-order valence-electron chi connectivity index (χ2n) is 12.5. The molecule has 6 aromatic carbocycles. The zero-order valence-corrected chi connectivity index (χ0v) is 27.4. The number of unbranched alkanes of at least 4 members (excludes halogenated alkanes) is 2. The Morgan fingerprint density at radius 2 is 0.489 bits per heavy atom. The molecule has 0 saturated heterocycles. The van der Waals surface area contributed by atoms with Gasteiger partial charge in [-0.2, -0.15) is 0 Å². The monoisotopic (exact) mass is 614 g/mol. The average molecular weight is 615 g/mol. The second kappa shape index (κ2) is 16.2. The summed E-state index contributed by atoms with van der Waals surface area (Å²) in [6.07, 6.45) is 6.30. The van der Waals surface area contributed by atoms with Gasteiger partial charge < -0.3 is 4.74 Å². The molecule has 0 N–H and O–H groups in total. The lowest BCUT2D eigenvalue weighted by molar-refractivity contribution is 0.124. The maximum atomic E-state index is 6.30. The van der Waals surface area contributed by atoms with Crippen molar-refractivity contribution in [2.45, 2.75) is 49.4 Å². The molecule has 0 amide bonds. The van der Waals surface area contributed by atoms with Gasteiger partial charge >= 0.3 is 0 Å². The minimum atomic E-state index is -0.195. The Morgan fingerprint density at radius 1 is 0.277 bits per heavy atom. The summed E-state index contributed by atoms with van der Waals surface area (Å²) in [4.78, 5) is 0. The lowest BCUT2D eigenvalue weighted by atomic mass is 9.66. The Kier molecular flexibility index (Phi) is 11.1. The predicted molar refractivity (Wildman–Crippen MR) is 197 cm³/mol. The maximum absolute atomic E-state index is 6.30. The van der Waals surface area contributed by atoms with Gasteiger partial charge in [0.1, 0.15) is 0 Å². The van der Waals surface area contributed by atoms with Crippen molar-refractivity contribution < 1.29 is 4.74 Å². The Balaban J connectivity index is 1.09. The highest BCUT2D eigenvalue weighted by Gasteiger charge is 2.36. The third-order valence-corrected chi connectivity index (χ3v) is 9.78. The molecule has 47 heavy (non-hydrogen) atoms. The lowest BCUT2D eigenvalue weighted by Crippen LogP contribution is -2.29. The first-order valence-corrected chi connectivity index (χ1v) is 17.2. The van der Waals surface area contributed by atoms with E-state index in [0.29, 0.717) is 0 Å². The van der Waals surface area contributed by atoms with E-state index >= 15 is 0 Å². The molecular formula is C46H46O. The van der Waals surface area contributed by atoms with E-state index in [1.54, 1.807) is 0 Å². The quantitative estimate of drug-likeness (QED) is 0.0778. The molecule has 0 heterocycles. The van der Waals surface area contributed by atoms with Crippen LogP contribution in [-0.2, 0) is 15.6 Å². The molecular weight excluding hydrogens is 569 g/mol. The Labute approximate surface area is 281 Å². The van der Waals surface area contributed by atoms with Crippen LogP contribution in [0.5, 0.6) is 0 Å². The first kappa shape index (κ1) is 32.2. The van der Waals surface area contributed by atoms with E-state index in [0.717, 1.165) is 51.7 Å². The van der Waals surface area contributed by atoms with Crippen LogP contribution in [0, 0.1) is 0 Å². The van der Waals surface area contributed by atoms with Crippen molar-refractivity contribution in [1.82, 2.24) is 0 Å². The van der Waals surface area contributed by atoms with Gasteiger partial charge in [-0.1, -0.05) is 182 Å². The number of benzene rings is 6. The topological polar surface area (TPSA) is 9.23 Å². The summed E-state index contributed by atoms with van der Waals surface area (Å²) in [6, 6.07) is 66.2. The summed E-state index contributed by atoms with van der Waals surface area (Å²) in [5.74, 6) is 0. The molecule has 6 aromatic rings. The Morgan fingerprint density at radius 3 is 0.702 bits per heavy atom.